The highest BCUT2D eigenvalue weighted by molar-refractivity contribution is 7.90. The zero-order valence-corrected chi connectivity index (χ0v) is 20.5. The summed E-state index contributed by atoms with van der Waals surface area (Å²) in [7, 11) is 0.808. The van der Waals surface area contributed by atoms with E-state index in [9.17, 15) is 17.2 Å². The van der Waals surface area contributed by atoms with Crippen molar-refractivity contribution in [3.8, 4) is 27.9 Å². The van der Waals surface area contributed by atoms with Gasteiger partial charge in [0.15, 0.2) is 0 Å². The molecule has 0 bridgehead atoms. The Bertz CT molecular complexity index is 1710. The van der Waals surface area contributed by atoms with Crippen molar-refractivity contribution >= 4 is 26.9 Å². The van der Waals surface area contributed by atoms with Crippen molar-refractivity contribution in [2.45, 2.75) is 0 Å². The largest absolute Gasteiger partial charge is 0.301 e. The molecule has 11 heteroatoms. The highest BCUT2D eigenvalue weighted by atomic mass is 32.2. The Morgan fingerprint density at radius 1 is 0.944 bits per heavy atom. The van der Waals surface area contributed by atoms with Gasteiger partial charge in [-0.05, 0) is 53.6 Å². The van der Waals surface area contributed by atoms with Crippen LogP contribution in [0.4, 0.5) is 14.5 Å². The van der Waals surface area contributed by atoms with Crippen molar-refractivity contribution in [2.24, 2.45) is 7.05 Å². The molecule has 2 heterocycles. The van der Waals surface area contributed by atoms with Crippen LogP contribution in [0.15, 0.2) is 73.3 Å². The molecular formula is C25H22F2N6O2S. The molecule has 0 amide bonds. The summed E-state index contributed by atoms with van der Waals surface area (Å²) in [4.78, 5) is 4.52. The van der Waals surface area contributed by atoms with E-state index in [4.69, 9.17) is 0 Å². The first-order chi connectivity index (χ1) is 17.1. The third-order valence-corrected chi connectivity index (χ3v) is 7.21. The highest BCUT2D eigenvalue weighted by Gasteiger charge is 2.17. The minimum absolute atomic E-state index is 0.131. The number of halogens is 2. The van der Waals surface area contributed by atoms with Crippen LogP contribution in [0.1, 0.15) is 0 Å². The summed E-state index contributed by atoms with van der Waals surface area (Å²) in [6.07, 6.45) is 5.28. The smallest absolute Gasteiger partial charge is 0.299 e. The number of nitrogens with zero attached hydrogens (tertiary/aromatic N) is 5. The van der Waals surface area contributed by atoms with E-state index in [2.05, 4.69) is 14.8 Å². The molecule has 0 saturated heterocycles. The normalized spacial score (nSPS) is 11.9. The fourth-order valence-corrected chi connectivity index (χ4v) is 4.50. The number of nitrogens with one attached hydrogen (secondary N) is 1. The van der Waals surface area contributed by atoms with Crippen LogP contribution in [0.25, 0.3) is 39.0 Å². The molecule has 0 spiro atoms. The average Bonchev–Trinajstić information content (AvgIpc) is 3.44. The highest BCUT2D eigenvalue weighted by Crippen LogP contribution is 2.32. The number of hydrogen-bond donors (Lipinski definition) is 1. The number of rotatable bonds is 6. The molecule has 0 saturated carbocycles. The second-order valence-electron chi connectivity index (χ2n) is 8.50. The molecule has 0 atom stereocenters. The maximum absolute atomic E-state index is 14.7. The minimum Gasteiger partial charge on any atom is -0.299 e. The quantitative estimate of drug-likeness (QED) is 0.364. The van der Waals surface area contributed by atoms with Gasteiger partial charge in [-0.2, -0.15) is 17.8 Å². The second-order valence-corrected chi connectivity index (χ2v) is 10.4. The fourth-order valence-electron chi connectivity index (χ4n) is 3.90. The molecule has 36 heavy (non-hydrogen) atoms. The molecule has 184 valence electrons. The first kappa shape index (κ1) is 23.6. The minimum atomic E-state index is -3.83. The van der Waals surface area contributed by atoms with Gasteiger partial charge in [0.05, 0.1) is 22.9 Å². The van der Waals surface area contributed by atoms with Gasteiger partial charge >= 0.3 is 10.2 Å². The lowest BCUT2D eigenvalue weighted by molar-refractivity contribution is 0.527. The van der Waals surface area contributed by atoms with Crippen LogP contribution in [0.5, 0.6) is 0 Å². The number of aromatic nitrogens is 4. The van der Waals surface area contributed by atoms with Crippen LogP contribution in [0.3, 0.4) is 0 Å². The summed E-state index contributed by atoms with van der Waals surface area (Å²) < 4.78 is 60.2. The molecule has 0 aliphatic carbocycles. The van der Waals surface area contributed by atoms with E-state index in [1.807, 2.05) is 31.4 Å². The molecule has 2 aromatic heterocycles. The molecule has 0 aliphatic heterocycles. The number of imidazole rings is 1. The fraction of sp³-hybridized carbons (Fsp3) is 0.120. The van der Waals surface area contributed by atoms with E-state index in [0.717, 1.165) is 33.1 Å². The van der Waals surface area contributed by atoms with E-state index >= 15 is 0 Å². The standard InChI is InChI=1S/C25H22F2N6O2S/c1-31(2)36(34,35)30-20-8-17(22-6-5-19(26)11-23(22)27)9-21(12-20)33-15-28-24-10-16(4-7-25(24)33)18-13-29-32(3)14-18/h4-15,30H,1-3H3. The van der Waals surface area contributed by atoms with Crippen LogP contribution in [-0.4, -0.2) is 46.1 Å². The number of anilines is 1. The molecule has 0 aliphatic rings. The summed E-state index contributed by atoms with van der Waals surface area (Å²) in [5, 5.41) is 4.21. The molecule has 0 unspecified atom stereocenters. The number of aryl methyl sites for hydroxylation is 1. The first-order valence-corrected chi connectivity index (χ1v) is 12.3. The number of hydrogen-bond acceptors (Lipinski definition) is 4. The Hall–Kier alpha value is -4.09. The molecule has 1 N–H and O–H groups in total. The van der Waals surface area contributed by atoms with Gasteiger partial charge < -0.3 is 0 Å². The SMILES string of the molecule is CN(C)S(=O)(=O)Nc1cc(-c2ccc(F)cc2F)cc(-n2cnc3cc(-c4cnn(C)c4)ccc32)c1. The van der Waals surface area contributed by atoms with Gasteiger partial charge in [0.25, 0.3) is 0 Å². The Kier molecular flexibility index (Phi) is 5.81. The summed E-state index contributed by atoms with van der Waals surface area (Å²) >= 11 is 0. The van der Waals surface area contributed by atoms with E-state index in [0.29, 0.717) is 16.8 Å². The lowest BCUT2D eigenvalue weighted by Gasteiger charge is -2.16. The van der Waals surface area contributed by atoms with Crippen LogP contribution < -0.4 is 4.72 Å². The molecule has 0 fully saturated rings. The summed E-state index contributed by atoms with van der Waals surface area (Å²) in [5.74, 6) is -1.46. The molecule has 8 nitrogen and oxygen atoms in total. The van der Waals surface area contributed by atoms with Crippen molar-refractivity contribution in [2.75, 3.05) is 18.8 Å². The van der Waals surface area contributed by atoms with Crippen LogP contribution in [0, 0.1) is 11.6 Å². The van der Waals surface area contributed by atoms with E-state index in [-0.39, 0.29) is 11.3 Å². The Balaban J connectivity index is 1.65. The third kappa shape index (κ3) is 4.45. The molecule has 0 radical (unpaired) electrons. The zero-order valence-electron chi connectivity index (χ0n) is 19.6. The van der Waals surface area contributed by atoms with Crippen molar-refractivity contribution in [1.82, 2.24) is 23.6 Å². The predicted octanol–water partition coefficient (Wildman–Crippen LogP) is 4.59. The number of benzene rings is 3. The van der Waals surface area contributed by atoms with Gasteiger partial charge in [0.1, 0.15) is 18.0 Å². The van der Waals surface area contributed by atoms with E-state index in [1.54, 1.807) is 33.9 Å². The first-order valence-electron chi connectivity index (χ1n) is 10.9. The molecule has 5 rings (SSSR count). The average molecular weight is 509 g/mol. The topological polar surface area (TPSA) is 85.1 Å². The predicted molar refractivity (Wildman–Crippen MR) is 135 cm³/mol. The van der Waals surface area contributed by atoms with Crippen molar-refractivity contribution in [1.29, 1.82) is 0 Å². The third-order valence-electron chi connectivity index (χ3n) is 5.75. The Morgan fingerprint density at radius 2 is 1.75 bits per heavy atom. The summed E-state index contributed by atoms with van der Waals surface area (Å²) in [6.45, 7) is 0. The maximum atomic E-state index is 14.7. The van der Waals surface area contributed by atoms with Gasteiger partial charge in [0.2, 0.25) is 0 Å². The van der Waals surface area contributed by atoms with Crippen LogP contribution >= 0.6 is 0 Å². The molecule has 3 aromatic carbocycles. The van der Waals surface area contributed by atoms with Gasteiger partial charge in [-0.3, -0.25) is 14.0 Å². The Labute approximate surface area is 206 Å². The van der Waals surface area contributed by atoms with E-state index in [1.165, 1.54) is 26.2 Å². The van der Waals surface area contributed by atoms with Crippen LogP contribution in [-0.2, 0) is 17.3 Å². The lowest BCUT2D eigenvalue weighted by atomic mass is 10.0. The monoisotopic (exact) mass is 508 g/mol. The number of fused-ring (bicyclic) bond motifs is 1. The van der Waals surface area contributed by atoms with Crippen LogP contribution in [0.2, 0.25) is 0 Å². The lowest BCUT2D eigenvalue weighted by Crippen LogP contribution is -2.29. The second kappa shape index (κ2) is 8.85. The van der Waals surface area contributed by atoms with Crippen molar-refractivity contribution < 1.29 is 17.2 Å². The van der Waals surface area contributed by atoms with Gasteiger partial charge in [0, 0.05) is 50.2 Å². The summed E-state index contributed by atoms with van der Waals surface area (Å²) in [6, 6.07) is 13.9. The Morgan fingerprint density at radius 3 is 2.44 bits per heavy atom. The maximum Gasteiger partial charge on any atom is 0.301 e. The van der Waals surface area contributed by atoms with Crippen molar-refractivity contribution in [3.05, 3.63) is 85.0 Å². The molecular weight excluding hydrogens is 486 g/mol. The summed E-state index contributed by atoms with van der Waals surface area (Å²) in [5.41, 5.74) is 4.64. The van der Waals surface area contributed by atoms with Gasteiger partial charge in [-0.15, -0.1) is 0 Å². The molecule has 5 aromatic rings. The van der Waals surface area contributed by atoms with Crippen molar-refractivity contribution in [3.63, 3.8) is 0 Å². The van der Waals surface area contributed by atoms with E-state index < -0.39 is 21.8 Å². The van der Waals surface area contributed by atoms with Gasteiger partial charge in [-0.1, -0.05) is 6.07 Å². The zero-order chi connectivity index (χ0) is 25.6. The van der Waals surface area contributed by atoms with Gasteiger partial charge in [-0.25, -0.2) is 13.8 Å².